The van der Waals surface area contributed by atoms with Gasteiger partial charge in [0.25, 0.3) is 0 Å². The number of allylic oxidation sites excluding steroid dienone is 1. The molecule has 0 aromatic rings. The fraction of sp³-hybridized carbons (Fsp3) is 0.778. The maximum atomic E-state index is 11.1. The number of carbonyl (C=O) groups excluding carboxylic acids is 1. The molecule has 0 heterocycles. The molecule has 0 amide bonds. The van der Waals surface area contributed by atoms with Gasteiger partial charge < -0.3 is 9.84 Å². The van der Waals surface area contributed by atoms with Crippen LogP contribution in [0.2, 0.25) is 0 Å². The van der Waals surface area contributed by atoms with Crippen molar-refractivity contribution in [2.45, 2.75) is 84.0 Å². The maximum absolute atomic E-state index is 11.1. The Balaban J connectivity index is 3.24. The van der Waals surface area contributed by atoms with E-state index in [1.807, 2.05) is 12.2 Å². The van der Waals surface area contributed by atoms with E-state index in [0.29, 0.717) is 0 Å². The van der Waals surface area contributed by atoms with Gasteiger partial charge in [-0.3, -0.25) is 9.59 Å². The van der Waals surface area contributed by atoms with Crippen LogP contribution in [0.15, 0.2) is 12.2 Å². The van der Waals surface area contributed by atoms with Crippen LogP contribution >= 0.6 is 0 Å². The predicted octanol–water partition coefficient (Wildman–Crippen LogP) is 4.87. The number of ether oxygens (including phenoxy) is 1. The molecule has 0 saturated heterocycles. The molecule has 0 atom stereocenters. The van der Waals surface area contributed by atoms with Gasteiger partial charge >= 0.3 is 11.9 Å². The summed E-state index contributed by atoms with van der Waals surface area (Å²) in [5.41, 5.74) is 0. The standard InChI is InChI=1S/C18H32O4/c1-2-3-4-5-6-7-8-9-10-11-12-13-16-22-18(21)15-14-17(19)20/h12-13H,2-11,14-16H2,1H3,(H,19,20). The summed E-state index contributed by atoms with van der Waals surface area (Å²) in [4.78, 5) is 21.4. The van der Waals surface area contributed by atoms with Crippen LogP contribution in [-0.4, -0.2) is 23.7 Å². The highest BCUT2D eigenvalue weighted by Crippen LogP contribution is 2.10. The van der Waals surface area contributed by atoms with E-state index in [9.17, 15) is 9.59 Å². The summed E-state index contributed by atoms with van der Waals surface area (Å²) in [6.45, 7) is 2.49. The minimum absolute atomic E-state index is 0.0541. The lowest BCUT2D eigenvalue weighted by Gasteiger charge is -2.01. The normalized spacial score (nSPS) is 11.0. The van der Waals surface area contributed by atoms with Crippen molar-refractivity contribution >= 4 is 11.9 Å². The molecule has 0 bridgehead atoms. The second kappa shape index (κ2) is 16.1. The van der Waals surface area contributed by atoms with E-state index >= 15 is 0 Å². The van der Waals surface area contributed by atoms with Crippen LogP contribution in [0.25, 0.3) is 0 Å². The Morgan fingerprint density at radius 2 is 1.45 bits per heavy atom. The van der Waals surface area contributed by atoms with Crippen molar-refractivity contribution in [2.24, 2.45) is 0 Å². The van der Waals surface area contributed by atoms with E-state index in [1.54, 1.807) is 0 Å². The van der Waals surface area contributed by atoms with Crippen molar-refractivity contribution in [3.05, 3.63) is 12.2 Å². The lowest BCUT2D eigenvalue weighted by Crippen LogP contribution is -2.07. The Morgan fingerprint density at radius 3 is 2.05 bits per heavy atom. The molecule has 0 radical (unpaired) electrons. The molecule has 0 aliphatic carbocycles. The molecule has 0 aromatic carbocycles. The third kappa shape index (κ3) is 16.7. The third-order valence-electron chi connectivity index (χ3n) is 3.52. The Hall–Kier alpha value is -1.32. The second-order valence-corrected chi connectivity index (χ2v) is 5.67. The SMILES string of the molecule is CCCCCCCCCCCC=CCOC(=O)CCC(=O)O. The molecule has 0 rings (SSSR count). The Labute approximate surface area is 134 Å². The number of aliphatic carboxylic acids is 1. The first kappa shape index (κ1) is 20.7. The van der Waals surface area contributed by atoms with E-state index in [4.69, 9.17) is 9.84 Å². The van der Waals surface area contributed by atoms with Gasteiger partial charge in [0.05, 0.1) is 12.8 Å². The molecule has 4 nitrogen and oxygen atoms in total. The first-order chi connectivity index (χ1) is 10.7. The Bertz CT molecular complexity index is 310. The van der Waals surface area contributed by atoms with Crippen molar-refractivity contribution in [3.8, 4) is 0 Å². The van der Waals surface area contributed by atoms with Gasteiger partial charge in [-0.05, 0) is 12.8 Å². The molecule has 22 heavy (non-hydrogen) atoms. The molecular weight excluding hydrogens is 280 g/mol. The number of carboxylic acids is 1. The molecular formula is C18H32O4. The number of esters is 1. The van der Waals surface area contributed by atoms with Crippen molar-refractivity contribution in [1.29, 1.82) is 0 Å². The molecule has 0 saturated carbocycles. The summed E-state index contributed by atoms with van der Waals surface area (Å²) >= 11 is 0. The highest BCUT2D eigenvalue weighted by molar-refractivity contribution is 5.76. The van der Waals surface area contributed by atoms with Crippen LogP contribution in [0.4, 0.5) is 0 Å². The first-order valence-corrected chi connectivity index (χ1v) is 8.69. The number of unbranched alkanes of at least 4 members (excludes halogenated alkanes) is 9. The zero-order valence-corrected chi connectivity index (χ0v) is 14.0. The molecule has 0 aliphatic heterocycles. The number of carbonyl (C=O) groups is 2. The lowest BCUT2D eigenvalue weighted by molar-refractivity contribution is -0.146. The van der Waals surface area contributed by atoms with Crippen molar-refractivity contribution in [2.75, 3.05) is 6.61 Å². The summed E-state index contributed by atoms with van der Waals surface area (Å²) in [7, 11) is 0. The Morgan fingerprint density at radius 1 is 0.864 bits per heavy atom. The summed E-state index contributed by atoms with van der Waals surface area (Å²) in [6.07, 6.45) is 16.5. The first-order valence-electron chi connectivity index (χ1n) is 8.69. The maximum Gasteiger partial charge on any atom is 0.306 e. The van der Waals surface area contributed by atoms with E-state index in [-0.39, 0.29) is 19.4 Å². The molecule has 0 aliphatic rings. The fourth-order valence-electron chi connectivity index (χ4n) is 2.18. The summed E-state index contributed by atoms with van der Waals surface area (Å²) < 4.78 is 4.90. The smallest absolute Gasteiger partial charge is 0.306 e. The largest absolute Gasteiger partial charge is 0.481 e. The van der Waals surface area contributed by atoms with Gasteiger partial charge in [-0.1, -0.05) is 70.4 Å². The summed E-state index contributed by atoms with van der Waals surface area (Å²) in [5, 5.41) is 8.42. The van der Waals surface area contributed by atoms with Crippen molar-refractivity contribution in [1.82, 2.24) is 0 Å². The quantitative estimate of drug-likeness (QED) is 0.266. The lowest BCUT2D eigenvalue weighted by atomic mass is 10.1. The zero-order chi connectivity index (χ0) is 16.5. The van der Waals surface area contributed by atoms with E-state index < -0.39 is 11.9 Å². The molecule has 0 fully saturated rings. The van der Waals surface area contributed by atoms with Crippen molar-refractivity contribution in [3.63, 3.8) is 0 Å². The second-order valence-electron chi connectivity index (χ2n) is 5.67. The minimum atomic E-state index is -0.974. The molecule has 0 spiro atoms. The molecule has 128 valence electrons. The van der Waals surface area contributed by atoms with Gasteiger partial charge in [0.2, 0.25) is 0 Å². The zero-order valence-electron chi connectivity index (χ0n) is 14.0. The van der Waals surface area contributed by atoms with E-state index in [2.05, 4.69) is 6.92 Å². The van der Waals surface area contributed by atoms with Crippen LogP contribution in [-0.2, 0) is 14.3 Å². The topological polar surface area (TPSA) is 63.6 Å². The average molecular weight is 312 g/mol. The third-order valence-corrected chi connectivity index (χ3v) is 3.52. The van der Waals surface area contributed by atoms with E-state index in [0.717, 1.165) is 6.42 Å². The van der Waals surface area contributed by atoms with Crippen LogP contribution in [0.5, 0.6) is 0 Å². The van der Waals surface area contributed by atoms with Gasteiger partial charge in [-0.15, -0.1) is 0 Å². The number of hydrogen-bond acceptors (Lipinski definition) is 3. The van der Waals surface area contributed by atoms with Crippen LogP contribution < -0.4 is 0 Å². The number of carboxylic acid groups (broad SMARTS) is 1. The van der Waals surface area contributed by atoms with E-state index in [1.165, 1.54) is 57.8 Å². The summed E-state index contributed by atoms with van der Waals surface area (Å²) in [5.74, 6) is -1.42. The Kier molecular flexibility index (Phi) is 15.1. The fourth-order valence-corrected chi connectivity index (χ4v) is 2.18. The van der Waals surface area contributed by atoms with Crippen LogP contribution in [0.1, 0.15) is 84.0 Å². The molecule has 0 unspecified atom stereocenters. The van der Waals surface area contributed by atoms with Gasteiger partial charge in [0.1, 0.15) is 6.61 Å². The van der Waals surface area contributed by atoms with Crippen molar-refractivity contribution < 1.29 is 19.4 Å². The average Bonchev–Trinajstić information content (AvgIpc) is 2.49. The van der Waals surface area contributed by atoms with Gasteiger partial charge in [-0.25, -0.2) is 0 Å². The van der Waals surface area contributed by atoms with Crippen LogP contribution in [0.3, 0.4) is 0 Å². The monoisotopic (exact) mass is 312 g/mol. The van der Waals surface area contributed by atoms with Gasteiger partial charge in [-0.2, -0.15) is 0 Å². The minimum Gasteiger partial charge on any atom is -0.481 e. The predicted molar refractivity (Wildman–Crippen MR) is 88.8 cm³/mol. The molecule has 0 aromatic heterocycles. The number of hydrogen-bond donors (Lipinski definition) is 1. The van der Waals surface area contributed by atoms with Crippen LogP contribution in [0, 0.1) is 0 Å². The van der Waals surface area contributed by atoms with Gasteiger partial charge in [0, 0.05) is 0 Å². The summed E-state index contributed by atoms with van der Waals surface area (Å²) in [6, 6.07) is 0. The molecule has 1 N–H and O–H groups in total. The highest BCUT2D eigenvalue weighted by Gasteiger charge is 2.04. The number of rotatable bonds is 15. The van der Waals surface area contributed by atoms with Gasteiger partial charge in [0.15, 0.2) is 0 Å². The molecule has 4 heteroatoms. The highest BCUT2D eigenvalue weighted by atomic mass is 16.5.